The second-order valence-corrected chi connectivity index (χ2v) is 12.0. The first kappa shape index (κ1) is 27.0. The molecule has 3 aromatic carbocycles. The van der Waals surface area contributed by atoms with Gasteiger partial charge in [0.25, 0.3) is 0 Å². The van der Waals surface area contributed by atoms with Crippen LogP contribution >= 0.6 is 11.3 Å². The first-order valence-electron chi connectivity index (χ1n) is 14.6. The zero-order chi connectivity index (χ0) is 27.3. The highest BCUT2D eigenvalue weighted by Crippen LogP contribution is 2.41. The van der Waals surface area contributed by atoms with Gasteiger partial charge >= 0.3 is 0 Å². The minimum atomic E-state index is 0.0414. The Morgan fingerprint density at radius 3 is 1.88 bits per heavy atom. The molecule has 6 heteroatoms. The third-order valence-electron chi connectivity index (χ3n) is 8.06. The fourth-order valence-corrected chi connectivity index (χ4v) is 7.08. The number of likely N-dealkylation sites (tertiary alicyclic amines) is 2. The van der Waals surface area contributed by atoms with Crippen LogP contribution in [0.5, 0.6) is 11.5 Å². The fraction of sp³-hybridized carbons (Fsp3) is 0.382. The van der Waals surface area contributed by atoms with Gasteiger partial charge in [-0.25, -0.2) is 0 Å². The van der Waals surface area contributed by atoms with Crippen LogP contribution in [-0.4, -0.2) is 68.1 Å². The lowest BCUT2D eigenvalue weighted by atomic mass is 9.97. The molecule has 0 unspecified atom stereocenters. The molecule has 0 aliphatic carbocycles. The summed E-state index contributed by atoms with van der Waals surface area (Å²) in [6.07, 6.45) is 5.15. The zero-order valence-electron chi connectivity index (χ0n) is 23.4. The Bertz CT molecular complexity index is 1430. The molecule has 5 nitrogen and oxygen atoms in total. The van der Waals surface area contributed by atoms with Crippen molar-refractivity contribution in [3.63, 3.8) is 0 Å². The third kappa shape index (κ3) is 6.25. The Labute approximate surface area is 241 Å². The highest BCUT2D eigenvalue weighted by Gasteiger charge is 2.22. The predicted molar refractivity (Wildman–Crippen MR) is 164 cm³/mol. The summed E-state index contributed by atoms with van der Waals surface area (Å²) in [4.78, 5) is 19.9. The van der Waals surface area contributed by atoms with E-state index in [9.17, 15) is 4.79 Å². The average Bonchev–Trinajstić information content (AvgIpc) is 3.75. The lowest BCUT2D eigenvalue weighted by Crippen LogP contribution is -2.25. The van der Waals surface area contributed by atoms with Crippen molar-refractivity contribution in [3.8, 4) is 21.9 Å². The third-order valence-corrected chi connectivity index (χ3v) is 9.26. The number of carbonyl (C=O) groups excluding carboxylic acids is 1. The van der Waals surface area contributed by atoms with E-state index in [1.165, 1.54) is 57.4 Å². The van der Waals surface area contributed by atoms with Crippen LogP contribution < -0.4 is 9.47 Å². The van der Waals surface area contributed by atoms with Crippen molar-refractivity contribution in [3.05, 3.63) is 83.4 Å². The summed E-state index contributed by atoms with van der Waals surface area (Å²) in [7, 11) is 0. The van der Waals surface area contributed by atoms with Crippen molar-refractivity contribution < 1.29 is 14.3 Å². The van der Waals surface area contributed by atoms with Gasteiger partial charge in [-0.1, -0.05) is 12.1 Å². The number of fused-ring (bicyclic) bond motifs is 1. The van der Waals surface area contributed by atoms with E-state index in [-0.39, 0.29) is 5.78 Å². The van der Waals surface area contributed by atoms with Crippen LogP contribution in [0.2, 0.25) is 0 Å². The smallest absolute Gasteiger partial charge is 0.195 e. The normalized spacial score (nSPS) is 16.1. The Balaban J connectivity index is 1.19. The van der Waals surface area contributed by atoms with Gasteiger partial charge in [-0.3, -0.25) is 14.6 Å². The van der Waals surface area contributed by atoms with Gasteiger partial charge in [0.05, 0.1) is 0 Å². The van der Waals surface area contributed by atoms with Crippen LogP contribution in [0.3, 0.4) is 0 Å². The van der Waals surface area contributed by atoms with Crippen LogP contribution in [0.25, 0.3) is 20.5 Å². The van der Waals surface area contributed by atoms with E-state index in [0.29, 0.717) is 18.8 Å². The molecule has 2 fully saturated rings. The van der Waals surface area contributed by atoms with E-state index in [0.717, 1.165) is 50.7 Å². The minimum absolute atomic E-state index is 0.0414. The van der Waals surface area contributed by atoms with Crippen molar-refractivity contribution in [1.29, 1.82) is 0 Å². The molecule has 0 radical (unpaired) electrons. The largest absolute Gasteiger partial charge is 0.492 e. The highest BCUT2D eigenvalue weighted by molar-refractivity contribution is 7.22. The van der Waals surface area contributed by atoms with Gasteiger partial charge in [-0.2, -0.15) is 0 Å². The van der Waals surface area contributed by atoms with Gasteiger partial charge in [0.1, 0.15) is 24.7 Å². The molecule has 2 saturated heterocycles. The lowest BCUT2D eigenvalue weighted by molar-refractivity contribution is 0.104. The van der Waals surface area contributed by atoms with Crippen LogP contribution in [0.15, 0.2) is 66.7 Å². The van der Waals surface area contributed by atoms with E-state index in [2.05, 4.69) is 47.1 Å². The van der Waals surface area contributed by atoms with E-state index in [1.807, 2.05) is 36.4 Å². The summed E-state index contributed by atoms with van der Waals surface area (Å²) in [5.74, 6) is 1.72. The molecule has 208 valence electrons. The maximum atomic E-state index is 14.0. The molecule has 0 bridgehead atoms. The molecule has 3 heterocycles. The quantitative estimate of drug-likeness (QED) is 0.186. The summed E-state index contributed by atoms with van der Waals surface area (Å²) in [6.45, 7) is 10.1. The van der Waals surface area contributed by atoms with Crippen molar-refractivity contribution >= 4 is 27.2 Å². The number of hydrogen-bond donors (Lipinski definition) is 0. The van der Waals surface area contributed by atoms with Gasteiger partial charge in [0, 0.05) is 39.2 Å². The van der Waals surface area contributed by atoms with Crippen molar-refractivity contribution in [1.82, 2.24) is 9.80 Å². The van der Waals surface area contributed by atoms with Crippen molar-refractivity contribution in [2.24, 2.45) is 0 Å². The molecule has 0 amide bonds. The Kier molecular flexibility index (Phi) is 8.47. The Hall–Kier alpha value is -3.19. The summed E-state index contributed by atoms with van der Waals surface area (Å²) in [5.41, 5.74) is 3.67. The number of aryl methyl sites for hydroxylation is 1. The summed E-state index contributed by atoms with van der Waals surface area (Å²) in [5, 5.41) is 1.01. The fourth-order valence-electron chi connectivity index (χ4n) is 5.78. The van der Waals surface area contributed by atoms with Crippen LogP contribution in [-0.2, 0) is 0 Å². The maximum Gasteiger partial charge on any atom is 0.195 e. The summed E-state index contributed by atoms with van der Waals surface area (Å²) >= 11 is 1.68. The molecule has 2 aliphatic rings. The lowest BCUT2D eigenvalue weighted by Gasteiger charge is -2.15. The summed E-state index contributed by atoms with van der Waals surface area (Å²) < 4.78 is 13.1. The van der Waals surface area contributed by atoms with E-state index < -0.39 is 0 Å². The van der Waals surface area contributed by atoms with Gasteiger partial charge in [0.15, 0.2) is 5.78 Å². The van der Waals surface area contributed by atoms with Gasteiger partial charge in [-0.05, 0) is 125 Å². The molecule has 1 aromatic heterocycles. The maximum absolute atomic E-state index is 14.0. The SMILES string of the molecule is Cc1ccc2c(C(=O)c3ccc(OCCN4CCCC4)cc3)c(-c3ccc(OCCN4CCCC4)cc3)sc2c1. The van der Waals surface area contributed by atoms with Crippen LogP contribution in [0.1, 0.15) is 47.2 Å². The molecule has 40 heavy (non-hydrogen) atoms. The van der Waals surface area contributed by atoms with E-state index in [4.69, 9.17) is 9.47 Å². The highest BCUT2D eigenvalue weighted by atomic mass is 32.1. The van der Waals surface area contributed by atoms with Crippen LogP contribution in [0, 0.1) is 6.92 Å². The Morgan fingerprint density at radius 2 is 1.30 bits per heavy atom. The number of rotatable bonds is 11. The molecule has 0 atom stereocenters. The monoisotopic (exact) mass is 554 g/mol. The van der Waals surface area contributed by atoms with Crippen molar-refractivity contribution in [2.45, 2.75) is 32.6 Å². The molecule has 6 rings (SSSR count). The van der Waals surface area contributed by atoms with E-state index in [1.54, 1.807) is 11.3 Å². The summed E-state index contributed by atoms with van der Waals surface area (Å²) in [6, 6.07) is 22.2. The molecule has 0 N–H and O–H groups in total. The van der Waals surface area contributed by atoms with Crippen molar-refractivity contribution in [2.75, 3.05) is 52.5 Å². The Morgan fingerprint density at radius 1 is 0.750 bits per heavy atom. The minimum Gasteiger partial charge on any atom is -0.492 e. The molecular formula is C34H38N2O3S. The van der Waals surface area contributed by atoms with Gasteiger partial charge in [-0.15, -0.1) is 11.3 Å². The second kappa shape index (κ2) is 12.5. The first-order chi connectivity index (χ1) is 19.6. The number of thiophene rings is 1. The molecule has 2 aliphatic heterocycles. The topological polar surface area (TPSA) is 42.0 Å². The number of carbonyl (C=O) groups is 1. The predicted octanol–water partition coefficient (Wildman–Crippen LogP) is 7.06. The molecule has 4 aromatic rings. The second-order valence-electron chi connectivity index (χ2n) is 11.0. The average molecular weight is 555 g/mol. The van der Waals surface area contributed by atoms with Crippen LogP contribution in [0.4, 0.5) is 0 Å². The number of benzene rings is 3. The first-order valence-corrected chi connectivity index (χ1v) is 15.4. The zero-order valence-corrected chi connectivity index (χ0v) is 24.2. The standard InChI is InChI=1S/C34H38N2O3S/c1-25-6-15-30-31(24-25)40-34(27-9-13-29(14-10-27)39-23-21-36-18-4-5-19-36)32(30)33(37)26-7-11-28(12-8-26)38-22-20-35-16-2-3-17-35/h6-15,24H,2-5,16-23H2,1H3. The van der Waals surface area contributed by atoms with Gasteiger partial charge in [0.2, 0.25) is 0 Å². The molecule has 0 spiro atoms. The van der Waals surface area contributed by atoms with E-state index >= 15 is 0 Å². The van der Waals surface area contributed by atoms with Gasteiger partial charge < -0.3 is 9.47 Å². The molecule has 0 saturated carbocycles. The number of ketones is 1. The number of ether oxygens (including phenoxy) is 2. The molecular weight excluding hydrogens is 516 g/mol. The number of hydrogen-bond acceptors (Lipinski definition) is 6. The number of nitrogens with zero attached hydrogens (tertiary/aromatic N) is 2.